The van der Waals surface area contributed by atoms with Gasteiger partial charge in [-0.2, -0.15) is 0 Å². The average molecular weight is 182 g/mol. The zero-order valence-electron chi connectivity index (χ0n) is 8.42. The van der Waals surface area contributed by atoms with Crippen LogP contribution >= 0.6 is 0 Å². The zero-order valence-corrected chi connectivity index (χ0v) is 8.42. The third-order valence-electron chi connectivity index (χ3n) is 1.70. The maximum absolute atomic E-state index is 10.3. The quantitative estimate of drug-likeness (QED) is 0.506. The minimum absolute atomic E-state index is 0.840. The van der Waals surface area contributed by atoms with Crippen LogP contribution in [0.25, 0.3) is 0 Å². The second-order valence-corrected chi connectivity index (χ2v) is 3.13. The first-order chi connectivity index (χ1) is 6.16. The van der Waals surface area contributed by atoms with Crippen LogP contribution in [0.2, 0.25) is 0 Å². The van der Waals surface area contributed by atoms with E-state index in [1.54, 1.807) is 0 Å². The molecule has 0 amide bonds. The van der Waals surface area contributed by atoms with Gasteiger partial charge in [-0.3, -0.25) is 0 Å². The van der Waals surface area contributed by atoms with Crippen molar-refractivity contribution in [3.05, 3.63) is 23.8 Å². The summed E-state index contributed by atoms with van der Waals surface area (Å²) in [6.45, 7) is 3.99. The van der Waals surface area contributed by atoms with Gasteiger partial charge >= 0.3 is 5.97 Å². The van der Waals surface area contributed by atoms with E-state index in [1.165, 1.54) is 12.5 Å². The Hall–Kier alpha value is -1.05. The molecule has 0 radical (unpaired) electrons. The summed E-state index contributed by atoms with van der Waals surface area (Å²) in [5.74, 6) is -0.852. The molecule has 0 aromatic rings. The van der Waals surface area contributed by atoms with Crippen LogP contribution < -0.4 is 0 Å². The second-order valence-electron chi connectivity index (χ2n) is 3.13. The third-order valence-corrected chi connectivity index (χ3v) is 1.70. The molecule has 0 saturated carbocycles. The smallest absolute Gasteiger partial charge is 0.328 e. The Labute approximate surface area is 80.0 Å². The highest BCUT2D eigenvalue weighted by atomic mass is 16.4. The van der Waals surface area contributed by atoms with Crippen molar-refractivity contribution in [1.82, 2.24) is 0 Å². The van der Waals surface area contributed by atoms with Crippen molar-refractivity contribution in [2.45, 2.75) is 39.5 Å². The molecular weight excluding hydrogens is 164 g/mol. The molecule has 0 atom stereocenters. The average Bonchev–Trinajstić information content (AvgIpc) is 2.02. The Bertz CT molecular complexity index is 202. The van der Waals surface area contributed by atoms with Crippen molar-refractivity contribution in [3.63, 3.8) is 0 Å². The largest absolute Gasteiger partial charge is 0.478 e. The highest BCUT2D eigenvalue weighted by Crippen LogP contribution is 2.04. The number of carboxylic acids is 1. The normalized spacial score (nSPS) is 12.3. The predicted molar refractivity (Wildman–Crippen MR) is 54.7 cm³/mol. The van der Waals surface area contributed by atoms with E-state index in [0.29, 0.717) is 0 Å². The summed E-state index contributed by atoms with van der Waals surface area (Å²) in [7, 11) is 0. The molecule has 0 aromatic carbocycles. The number of aliphatic carboxylic acids is 1. The summed E-state index contributed by atoms with van der Waals surface area (Å²) >= 11 is 0. The molecule has 74 valence electrons. The number of hydrogen-bond acceptors (Lipinski definition) is 1. The fraction of sp³-hybridized carbons (Fsp3) is 0.545. The molecule has 0 unspecified atom stereocenters. The van der Waals surface area contributed by atoms with E-state index in [0.717, 1.165) is 24.8 Å². The van der Waals surface area contributed by atoms with Gasteiger partial charge in [-0.1, -0.05) is 31.1 Å². The molecule has 0 bridgehead atoms. The van der Waals surface area contributed by atoms with E-state index in [-0.39, 0.29) is 0 Å². The van der Waals surface area contributed by atoms with Gasteiger partial charge < -0.3 is 5.11 Å². The Morgan fingerprint density at radius 1 is 1.31 bits per heavy atom. The summed E-state index contributed by atoms with van der Waals surface area (Å²) < 4.78 is 0. The molecule has 2 heteroatoms. The van der Waals surface area contributed by atoms with Gasteiger partial charge in [0.1, 0.15) is 0 Å². The standard InChI is InChI=1S/C11H18O2/c1-3-4-5-6-7-8-10(2)9-11(12)13/h5-6,9H,3-4,7-8H2,1-2H3,(H,12,13)/b6-5+,10-9-. The van der Waals surface area contributed by atoms with Gasteiger partial charge in [0, 0.05) is 6.08 Å². The van der Waals surface area contributed by atoms with E-state index in [1.807, 2.05) is 6.92 Å². The van der Waals surface area contributed by atoms with Crippen molar-refractivity contribution in [3.8, 4) is 0 Å². The van der Waals surface area contributed by atoms with Crippen molar-refractivity contribution in [2.75, 3.05) is 0 Å². The lowest BCUT2D eigenvalue weighted by Gasteiger charge is -1.94. The summed E-state index contributed by atoms with van der Waals surface area (Å²) in [4.78, 5) is 10.3. The highest BCUT2D eigenvalue weighted by Gasteiger charge is 1.92. The summed E-state index contributed by atoms with van der Waals surface area (Å²) in [5.41, 5.74) is 0.925. The minimum Gasteiger partial charge on any atom is -0.478 e. The Kier molecular flexibility index (Phi) is 6.98. The minimum atomic E-state index is -0.852. The predicted octanol–water partition coefficient (Wildman–Crippen LogP) is 3.15. The van der Waals surface area contributed by atoms with Crippen LogP contribution in [0.5, 0.6) is 0 Å². The van der Waals surface area contributed by atoms with Gasteiger partial charge in [0.2, 0.25) is 0 Å². The lowest BCUT2D eigenvalue weighted by Crippen LogP contribution is -1.89. The maximum atomic E-state index is 10.3. The van der Waals surface area contributed by atoms with E-state index in [9.17, 15) is 4.79 Å². The van der Waals surface area contributed by atoms with Gasteiger partial charge in [0.05, 0.1) is 0 Å². The first-order valence-corrected chi connectivity index (χ1v) is 4.72. The monoisotopic (exact) mass is 182 g/mol. The highest BCUT2D eigenvalue weighted by molar-refractivity contribution is 5.80. The van der Waals surface area contributed by atoms with Crippen LogP contribution in [0.15, 0.2) is 23.8 Å². The van der Waals surface area contributed by atoms with Crippen LogP contribution in [0.1, 0.15) is 39.5 Å². The first-order valence-electron chi connectivity index (χ1n) is 4.72. The van der Waals surface area contributed by atoms with E-state index < -0.39 is 5.97 Å². The molecule has 0 aliphatic heterocycles. The van der Waals surface area contributed by atoms with Gasteiger partial charge in [-0.05, 0) is 26.2 Å². The molecule has 13 heavy (non-hydrogen) atoms. The summed E-state index contributed by atoms with van der Waals surface area (Å²) in [5, 5.41) is 8.43. The molecule has 0 spiro atoms. The van der Waals surface area contributed by atoms with Gasteiger partial charge in [-0.15, -0.1) is 0 Å². The SMILES string of the molecule is CCC/C=C/CC/C(C)=C\C(=O)O. The molecule has 0 rings (SSSR count). The number of hydrogen-bond donors (Lipinski definition) is 1. The number of allylic oxidation sites excluding steroid dienone is 3. The first kappa shape index (κ1) is 11.9. The van der Waals surface area contributed by atoms with E-state index in [2.05, 4.69) is 19.1 Å². The van der Waals surface area contributed by atoms with Gasteiger partial charge in [0.25, 0.3) is 0 Å². The zero-order chi connectivity index (χ0) is 10.1. The summed E-state index contributed by atoms with van der Waals surface area (Å²) in [6.07, 6.45) is 9.59. The molecule has 0 aliphatic rings. The summed E-state index contributed by atoms with van der Waals surface area (Å²) in [6, 6.07) is 0. The van der Waals surface area contributed by atoms with Gasteiger partial charge in [-0.25, -0.2) is 4.79 Å². The maximum Gasteiger partial charge on any atom is 0.328 e. The molecule has 2 nitrogen and oxygen atoms in total. The van der Waals surface area contributed by atoms with Crippen LogP contribution in [-0.4, -0.2) is 11.1 Å². The molecule has 0 aromatic heterocycles. The van der Waals surface area contributed by atoms with Gasteiger partial charge in [0.15, 0.2) is 0 Å². The molecule has 0 aliphatic carbocycles. The molecule has 0 fully saturated rings. The van der Waals surface area contributed by atoms with Crippen molar-refractivity contribution >= 4 is 5.97 Å². The van der Waals surface area contributed by atoms with Crippen molar-refractivity contribution in [2.24, 2.45) is 0 Å². The molecule has 0 heterocycles. The van der Waals surface area contributed by atoms with Crippen molar-refractivity contribution in [1.29, 1.82) is 0 Å². The fourth-order valence-electron chi connectivity index (χ4n) is 0.996. The van der Waals surface area contributed by atoms with Crippen LogP contribution in [0.3, 0.4) is 0 Å². The third kappa shape index (κ3) is 8.86. The molecular formula is C11H18O2. The Morgan fingerprint density at radius 2 is 1.92 bits per heavy atom. The topological polar surface area (TPSA) is 37.3 Å². The van der Waals surface area contributed by atoms with Crippen LogP contribution in [0, 0.1) is 0 Å². The lowest BCUT2D eigenvalue weighted by atomic mass is 10.1. The molecule has 0 saturated heterocycles. The van der Waals surface area contributed by atoms with Crippen LogP contribution in [0.4, 0.5) is 0 Å². The fourth-order valence-corrected chi connectivity index (χ4v) is 0.996. The molecule has 1 N–H and O–H groups in total. The number of rotatable bonds is 6. The Balaban J connectivity index is 3.58. The number of unbranched alkanes of at least 4 members (excludes halogenated alkanes) is 1. The van der Waals surface area contributed by atoms with E-state index in [4.69, 9.17) is 5.11 Å². The second kappa shape index (κ2) is 7.59. The Morgan fingerprint density at radius 3 is 2.46 bits per heavy atom. The number of carbonyl (C=O) groups is 1. The van der Waals surface area contributed by atoms with E-state index >= 15 is 0 Å². The lowest BCUT2D eigenvalue weighted by molar-refractivity contribution is -0.131. The number of carboxylic acid groups (broad SMARTS) is 1. The van der Waals surface area contributed by atoms with Crippen molar-refractivity contribution < 1.29 is 9.90 Å². The van der Waals surface area contributed by atoms with Crippen LogP contribution in [-0.2, 0) is 4.79 Å².